The maximum Gasteiger partial charge on any atom is 0.238 e. The van der Waals surface area contributed by atoms with E-state index >= 15 is 0 Å². The van der Waals surface area contributed by atoms with Gasteiger partial charge in [0, 0.05) is 50.3 Å². The molecule has 0 aliphatic rings. The molecule has 0 N–H and O–H groups in total. The van der Waals surface area contributed by atoms with Crippen LogP contribution in [0.2, 0.25) is 0 Å². The molecule has 4 heterocycles. The molecule has 5 aromatic carbocycles. The summed E-state index contributed by atoms with van der Waals surface area (Å²) in [6.45, 7) is 0. The molecule has 0 bridgehead atoms. The smallest absolute Gasteiger partial charge is 0.238 e. The van der Waals surface area contributed by atoms with Gasteiger partial charge >= 0.3 is 0 Å². The Bertz CT molecular complexity index is 2410. The van der Waals surface area contributed by atoms with Crippen LogP contribution in [0.4, 0.5) is 0 Å². The van der Waals surface area contributed by atoms with Crippen LogP contribution in [-0.2, 0) is 0 Å². The van der Waals surface area contributed by atoms with Crippen molar-refractivity contribution in [1.82, 2.24) is 29.5 Å². The third-order valence-electron chi connectivity index (χ3n) is 7.79. The van der Waals surface area contributed by atoms with E-state index in [0.717, 1.165) is 65.8 Å². The standard InChI is InChI=1S/C35H20N6O/c1-3-9-21(10-4-1)33-38-34(22-11-5-2-6-12-22)40-35(39-33)41-29-14-8-7-13-24(29)25-15-16-26-27-17-23-19-36-20-37-28(23)18-30(27)42-32(26)31(25)41/h1-20H. The third-order valence-corrected chi connectivity index (χ3v) is 7.79. The molecule has 0 fully saturated rings. The Labute approximate surface area is 238 Å². The van der Waals surface area contributed by atoms with E-state index in [-0.39, 0.29) is 0 Å². The van der Waals surface area contributed by atoms with Gasteiger partial charge < -0.3 is 4.42 Å². The second-order valence-electron chi connectivity index (χ2n) is 10.2. The molecular weight excluding hydrogens is 520 g/mol. The minimum Gasteiger partial charge on any atom is -0.454 e. The van der Waals surface area contributed by atoms with Gasteiger partial charge in [0.05, 0.1) is 11.0 Å². The molecule has 0 unspecified atom stereocenters. The van der Waals surface area contributed by atoms with Crippen LogP contribution < -0.4 is 0 Å². The molecule has 196 valence electrons. The lowest BCUT2D eigenvalue weighted by atomic mass is 10.1. The van der Waals surface area contributed by atoms with Gasteiger partial charge in [0.25, 0.3) is 0 Å². The van der Waals surface area contributed by atoms with Crippen molar-refractivity contribution in [2.24, 2.45) is 0 Å². The predicted molar refractivity (Wildman–Crippen MR) is 165 cm³/mol. The molecule has 0 spiro atoms. The number of nitrogens with zero attached hydrogens (tertiary/aromatic N) is 6. The topological polar surface area (TPSA) is 82.5 Å². The number of aromatic nitrogens is 6. The van der Waals surface area contributed by atoms with Gasteiger partial charge in [-0.1, -0.05) is 84.9 Å². The number of benzene rings is 5. The highest BCUT2D eigenvalue weighted by molar-refractivity contribution is 6.22. The highest BCUT2D eigenvalue weighted by atomic mass is 16.3. The lowest BCUT2D eigenvalue weighted by molar-refractivity contribution is 0.671. The van der Waals surface area contributed by atoms with Crippen LogP contribution in [0.5, 0.6) is 0 Å². The zero-order valence-electron chi connectivity index (χ0n) is 22.1. The molecule has 0 aliphatic heterocycles. The number of rotatable bonds is 3. The third kappa shape index (κ3) is 3.37. The van der Waals surface area contributed by atoms with E-state index < -0.39 is 0 Å². The highest BCUT2D eigenvalue weighted by Gasteiger charge is 2.22. The SMILES string of the molecule is c1ccc(-c2nc(-c3ccccc3)nc(-n3c4ccccc4c4ccc5c6cc7cncnc7cc6oc5c43)n2)cc1. The van der Waals surface area contributed by atoms with E-state index in [1.165, 1.54) is 0 Å². The molecule has 0 saturated carbocycles. The van der Waals surface area contributed by atoms with E-state index in [9.17, 15) is 0 Å². The number of hydrogen-bond donors (Lipinski definition) is 0. The second-order valence-corrected chi connectivity index (χ2v) is 10.2. The molecule has 7 heteroatoms. The van der Waals surface area contributed by atoms with Crippen molar-refractivity contribution < 1.29 is 4.42 Å². The largest absolute Gasteiger partial charge is 0.454 e. The Hall–Kier alpha value is -5.95. The minimum absolute atomic E-state index is 0.526. The van der Waals surface area contributed by atoms with Gasteiger partial charge in [-0.2, -0.15) is 9.97 Å². The zero-order chi connectivity index (χ0) is 27.6. The summed E-state index contributed by atoms with van der Waals surface area (Å²) in [7, 11) is 0. The summed E-state index contributed by atoms with van der Waals surface area (Å²) in [5.41, 5.74) is 6.10. The number of furan rings is 1. The summed E-state index contributed by atoms with van der Waals surface area (Å²) in [5.74, 6) is 1.73. The van der Waals surface area contributed by atoms with Gasteiger partial charge in [-0.15, -0.1) is 0 Å². The first kappa shape index (κ1) is 22.8. The molecular formula is C35H20N6O. The van der Waals surface area contributed by atoms with Gasteiger partial charge in [-0.25, -0.2) is 15.0 Å². The number of fused-ring (bicyclic) bond motifs is 8. The average Bonchev–Trinajstić information content (AvgIpc) is 3.59. The average molecular weight is 541 g/mol. The predicted octanol–water partition coefficient (Wildman–Crippen LogP) is 8.15. The van der Waals surface area contributed by atoms with Crippen molar-refractivity contribution in [2.75, 3.05) is 0 Å². The van der Waals surface area contributed by atoms with Crippen molar-refractivity contribution in [2.45, 2.75) is 0 Å². The Morgan fingerprint density at radius 2 is 1.29 bits per heavy atom. The van der Waals surface area contributed by atoms with E-state index in [1.54, 1.807) is 6.33 Å². The fraction of sp³-hybridized carbons (Fsp3) is 0. The molecule has 0 atom stereocenters. The summed E-state index contributed by atoms with van der Waals surface area (Å²) in [4.78, 5) is 23.7. The summed E-state index contributed by atoms with van der Waals surface area (Å²) < 4.78 is 8.75. The molecule has 7 nitrogen and oxygen atoms in total. The fourth-order valence-electron chi connectivity index (χ4n) is 5.86. The van der Waals surface area contributed by atoms with Crippen molar-refractivity contribution in [1.29, 1.82) is 0 Å². The van der Waals surface area contributed by atoms with E-state index in [2.05, 4.69) is 50.9 Å². The first-order valence-corrected chi connectivity index (χ1v) is 13.7. The molecule has 0 aliphatic carbocycles. The number of para-hydroxylation sites is 1. The van der Waals surface area contributed by atoms with E-state index in [4.69, 9.17) is 19.4 Å². The quantitative estimate of drug-likeness (QED) is 0.225. The number of hydrogen-bond acceptors (Lipinski definition) is 6. The van der Waals surface area contributed by atoms with Crippen LogP contribution in [0, 0.1) is 0 Å². The normalized spacial score (nSPS) is 11.8. The Morgan fingerprint density at radius 1 is 0.595 bits per heavy atom. The van der Waals surface area contributed by atoms with Crippen molar-refractivity contribution >= 4 is 54.6 Å². The Kier molecular flexibility index (Phi) is 4.77. The van der Waals surface area contributed by atoms with Crippen LogP contribution in [-0.4, -0.2) is 29.5 Å². The molecule has 9 aromatic rings. The van der Waals surface area contributed by atoms with Crippen LogP contribution in [0.15, 0.2) is 126 Å². The molecule has 9 rings (SSSR count). The Morgan fingerprint density at radius 3 is 2.05 bits per heavy atom. The molecule has 0 saturated heterocycles. The van der Waals surface area contributed by atoms with Crippen molar-refractivity contribution in [3.05, 3.63) is 122 Å². The van der Waals surface area contributed by atoms with Gasteiger partial charge in [0.1, 0.15) is 17.4 Å². The van der Waals surface area contributed by atoms with Crippen molar-refractivity contribution in [3.8, 4) is 28.7 Å². The lowest BCUT2D eigenvalue weighted by Gasteiger charge is -2.11. The Balaban J connectivity index is 1.42. The summed E-state index contributed by atoms with van der Waals surface area (Å²) in [5, 5.41) is 5.13. The van der Waals surface area contributed by atoms with Gasteiger partial charge in [-0.3, -0.25) is 4.57 Å². The van der Waals surface area contributed by atoms with Crippen LogP contribution in [0.1, 0.15) is 0 Å². The van der Waals surface area contributed by atoms with Crippen molar-refractivity contribution in [3.63, 3.8) is 0 Å². The first-order chi connectivity index (χ1) is 20.8. The van der Waals surface area contributed by atoms with Crippen LogP contribution in [0.25, 0.3) is 83.4 Å². The van der Waals surface area contributed by atoms with Crippen LogP contribution in [0.3, 0.4) is 0 Å². The zero-order valence-corrected chi connectivity index (χ0v) is 22.1. The molecule has 42 heavy (non-hydrogen) atoms. The lowest BCUT2D eigenvalue weighted by Crippen LogP contribution is -2.06. The maximum absolute atomic E-state index is 6.64. The summed E-state index contributed by atoms with van der Waals surface area (Å²) in [6.07, 6.45) is 3.39. The molecule has 0 amide bonds. The summed E-state index contributed by atoms with van der Waals surface area (Å²) >= 11 is 0. The first-order valence-electron chi connectivity index (χ1n) is 13.7. The van der Waals surface area contributed by atoms with Gasteiger partial charge in [-0.05, 0) is 18.2 Å². The highest BCUT2D eigenvalue weighted by Crippen LogP contribution is 2.40. The summed E-state index contributed by atoms with van der Waals surface area (Å²) in [6, 6.07) is 36.7. The minimum atomic E-state index is 0.526. The fourth-order valence-corrected chi connectivity index (χ4v) is 5.86. The van der Waals surface area contributed by atoms with E-state index in [1.807, 2.05) is 79.0 Å². The molecule has 4 aromatic heterocycles. The van der Waals surface area contributed by atoms with E-state index in [0.29, 0.717) is 17.6 Å². The van der Waals surface area contributed by atoms with Gasteiger partial charge in [0.15, 0.2) is 17.2 Å². The van der Waals surface area contributed by atoms with Crippen LogP contribution >= 0.6 is 0 Å². The molecule has 0 radical (unpaired) electrons. The van der Waals surface area contributed by atoms with Gasteiger partial charge in [0.2, 0.25) is 5.95 Å². The second kappa shape index (κ2) is 8.78. The monoisotopic (exact) mass is 540 g/mol. The maximum atomic E-state index is 6.64.